The van der Waals surface area contributed by atoms with Gasteiger partial charge in [-0.3, -0.25) is 9.10 Å². The van der Waals surface area contributed by atoms with Gasteiger partial charge in [0.05, 0.1) is 10.6 Å². The Morgan fingerprint density at radius 3 is 2.50 bits per heavy atom. The summed E-state index contributed by atoms with van der Waals surface area (Å²) >= 11 is 1.24. The number of nitrogens with zero attached hydrogens (tertiary/aromatic N) is 1. The molecule has 7 heteroatoms. The van der Waals surface area contributed by atoms with Crippen molar-refractivity contribution in [3.63, 3.8) is 0 Å². The summed E-state index contributed by atoms with van der Waals surface area (Å²) in [5.74, 6) is 0.255. The maximum absolute atomic E-state index is 12.7. The summed E-state index contributed by atoms with van der Waals surface area (Å²) in [5, 5.41) is 4.58. The van der Waals surface area contributed by atoms with Crippen molar-refractivity contribution >= 4 is 33.0 Å². The molecule has 24 heavy (non-hydrogen) atoms. The van der Waals surface area contributed by atoms with Gasteiger partial charge in [-0.15, -0.1) is 11.3 Å². The van der Waals surface area contributed by atoms with Crippen LogP contribution in [0, 0.1) is 5.92 Å². The van der Waals surface area contributed by atoms with Crippen LogP contribution in [0.15, 0.2) is 46.7 Å². The predicted molar refractivity (Wildman–Crippen MR) is 98.1 cm³/mol. The zero-order chi connectivity index (χ0) is 17.7. The summed E-state index contributed by atoms with van der Waals surface area (Å²) in [7, 11) is -2.22. The van der Waals surface area contributed by atoms with E-state index in [0.29, 0.717) is 23.0 Å². The quantitative estimate of drug-likeness (QED) is 0.817. The van der Waals surface area contributed by atoms with Gasteiger partial charge < -0.3 is 5.32 Å². The van der Waals surface area contributed by atoms with Crippen molar-refractivity contribution < 1.29 is 13.2 Å². The Bertz CT molecular complexity index is 783. The Hall–Kier alpha value is -1.86. The van der Waals surface area contributed by atoms with E-state index in [1.54, 1.807) is 41.8 Å². The Kier molecular flexibility index (Phi) is 6.01. The molecule has 0 fully saturated rings. The van der Waals surface area contributed by atoms with Crippen molar-refractivity contribution in [1.82, 2.24) is 5.32 Å². The van der Waals surface area contributed by atoms with Crippen LogP contribution in [0.1, 0.15) is 29.9 Å². The highest BCUT2D eigenvalue weighted by molar-refractivity contribution is 7.92. The lowest BCUT2D eigenvalue weighted by Gasteiger charge is -2.19. The van der Waals surface area contributed by atoms with Crippen molar-refractivity contribution in [3.05, 3.63) is 46.7 Å². The summed E-state index contributed by atoms with van der Waals surface area (Å²) in [4.78, 5) is 13.0. The van der Waals surface area contributed by atoms with E-state index in [2.05, 4.69) is 19.2 Å². The molecule has 0 radical (unpaired) electrons. The fourth-order valence-electron chi connectivity index (χ4n) is 2.16. The number of hydrogen-bond acceptors (Lipinski definition) is 4. The van der Waals surface area contributed by atoms with Crippen molar-refractivity contribution in [2.75, 3.05) is 17.9 Å². The number of carbonyl (C=O) groups is 1. The maximum atomic E-state index is 12.7. The molecule has 0 spiro atoms. The minimum atomic E-state index is -3.69. The molecule has 130 valence electrons. The smallest absolute Gasteiger partial charge is 0.264 e. The first-order chi connectivity index (χ1) is 11.3. The molecule has 1 N–H and O–H groups in total. The maximum Gasteiger partial charge on any atom is 0.264 e. The van der Waals surface area contributed by atoms with Crippen LogP contribution in [0.5, 0.6) is 0 Å². The molecule has 5 nitrogen and oxygen atoms in total. The molecule has 0 aliphatic heterocycles. The van der Waals surface area contributed by atoms with E-state index in [0.717, 1.165) is 10.7 Å². The number of sulfonamides is 1. The van der Waals surface area contributed by atoms with E-state index < -0.39 is 10.0 Å². The average Bonchev–Trinajstić information content (AvgIpc) is 3.04. The molecule has 1 aromatic heterocycles. The summed E-state index contributed by atoms with van der Waals surface area (Å²) < 4.78 is 26.6. The highest BCUT2D eigenvalue weighted by Gasteiger charge is 2.25. The van der Waals surface area contributed by atoms with Gasteiger partial charge in [0.25, 0.3) is 15.9 Å². The molecular weight excluding hydrogens is 344 g/mol. The third-order valence-corrected chi connectivity index (χ3v) is 6.29. The zero-order valence-electron chi connectivity index (χ0n) is 14.0. The van der Waals surface area contributed by atoms with E-state index in [1.165, 1.54) is 18.4 Å². The SMILES string of the molecule is CC(C)CCNC(=O)c1sccc1N(C)S(=O)(=O)c1ccccc1. The number of carbonyl (C=O) groups excluding carboxylic acids is 1. The Labute approximate surface area is 147 Å². The van der Waals surface area contributed by atoms with Gasteiger partial charge in [-0.1, -0.05) is 32.0 Å². The van der Waals surface area contributed by atoms with Crippen LogP contribution in [-0.4, -0.2) is 27.9 Å². The second-order valence-electron chi connectivity index (χ2n) is 5.86. The highest BCUT2D eigenvalue weighted by Crippen LogP contribution is 2.29. The van der Waals surface area contributed by atoms with Gasteiger partial charge in [0.1, 0.15) is 4.88 Å². The standard InChI is InChI=1S/C17H22N2O3S2/c1-13(2)9-11-18-17(20)16-15(10-12-23-16)19(3)24(21,22)14-7-5-4-6-8-14/h4-8,10,12-13H,9,11H2,1-3H3,(H,18,20). The zero-order valence-corrected chi connectivity index (χ0v) is 15.7. The lowest BCUT2D eigenvalue weighted by molar-refractivity contribution is 0.0956. The lowest BCUT2D eigenvalue weighted by Crippen LogP contribution is -2.30. The first kappa shape index (κ1) is 18.5. The Balaban J connectivity index is 2.21. The molecular formula is C17H22N2O3S2. The molecule has 0 saturated heterocycles. The van der Waals surface area contributed by atoms with Crippen LogP contribution in [0.3, 0.4) is 0 Å². The monoisotopic (exact) mass is 366 g/mol. The molecule has 2 aromatic rings. The first-order valence-electron chi connectivity index (χ1n) is 7.73. The summed E-state index contributed by atoms with van der Waals surface area (Å²) in [5.41, 5.74) is 0.394. The molecule has 0 aliphatic carbocycles. The van der Waals surface area contributed by atoms with Gasteiger partial charge >= 0.3 is 0 Å². The van der Waals surface area contributed by atoms with Crippen LogP contribution in [0.4, 0.5) is 5.69 Å². The summed E-state index contributed by atoms with van der Waals surface area (Å²) in [6.45, 7) is 4.74. The fraction of sp³-hybridized carbons (Fsp3) is 0.353. The van der Waals surface area contributed by atoms with Gasteiger partial charge in [-0.25, -0.2) is 8.42 Å². The average molecular weight is 367 g/mol. The minimum absolute atomic E-state index is 0.199. The Morgan fingerprint density at radius 2 is 1.88 bits per heavy atom. The molecule has 2 rings (SSSR count). The number of amides is 1. The number of thiophene rings is 1. The number of nitrogens with one attached hydrogen (secondary N) is 1. The van der Waals surface area contributed by atoms with Crippen molar-refractivity contribution in [2.45, 2.75) is 25.2 Å². The molecule has 0 unspecified atom stereocenters. The number of rotatable bonds is 7. The van der Waals surface area contributed by atoms with Crippen LogP contribution in [-0.2, 0) is 10.0 Å². The van der Waals surface area contributed by atoms with Gasteiger partial charge in [0.15, 0.2) is 0 Å². The minimum Gasteiger partial charge on any atom is -0.351 e. The van der Waals surface area contributed by atoms with Gasteiger partial charge in [-0.05, 0) is 35.9 Å². The van der Waals surface area contributed by atoms with E-state index in [4.69, 9.17) is 0 Å². The Morgan fingerprint density at radius 1 is 1.21 bits per heavy atom. The summed E-state index contributed by atoms with van der Waals surface area (Å²) in [6, 6.07) is 9.85. The predicted octanol–water partition coefficient (Wildman–Crippen LogP) is 3.35. The third kappa shape index (κ3) is 4.15. The van der Waals surface area contributed by atoms with Crippen LogP contribution < -0.4 is 9.62 Å². The molecule has 0 aliphatic rings. The van der Waals surface area contributed by atoms with Crippen molar-refractivity contribution in [3.8, 4) is 0 Å². The van der Waals surface area contributed by atoms with Gasteiger partial charge in [0.2, 0.25) is 0 Å². The largest absolute Gasteiger partial charge is 0.351 e. The third-order valence-electron chi connectivity index (χ3n) is 3.60. The van der Waals surface area contributed by atoms with Crippen LogP contribution in [0.2, 0.25) is 0 Å². The molecule has 1 heterocycles. The van der Waals surface area contributed by atoms with Gasteiger partial charge in [-0.2, -0.15) is 0 Å². The second-order valence-corrected chi connectivity index (χ2v) is 8.74. The lowest BCUT2D eigenvalue weighted by atomic mass is 10.1. The normalized spacial score (nSPS) is 11.5. The first-order valence-corrected chi connectivity index (χ1v) is 10.1. The van der Waals surface area contributed by atoms with Crippen molar-refractivity contribution in [1.29, 1.82) is 0 Å². The van der Waals surface area contributed by atoms with E-state index in [1.807, 2.05) is 0 Å². The molecule has 1 aromatic carbocycles. The topological polar surface area (TPSA) is 66.5 Å². The molecule has 0 atom stereocenters. The fourth-order valence-corrected chi connectivity index (χ4v) is 4.28. The highest BCUT2D eigenvalue weighted by atomic mass is 32.2. The van der Waals surface area contributed by atoms with Crippen LogP contribution >= 0.6 is 11.3 Å². The molecule has 0 bridgehead atoms. The van der Waals surface area contributed by atoms with E-state index >= 15 is 0 Å². The van der Waals surface area contributed by atoms with Crippen LogP contribution in [0.25, 0.3) is 0 Å². The second kappa shape index (κ2) is 7.81. The number of anilines is 1. The summed E-state index contributed by atoms with van der Waals surface area (Å²) in [6.07, 6.45) is 0.880. The van der Waals surface area contributed by atoms with Crippen molar-refractivity contribution in [2.24, 2.45) is 5.92 Å². The molecule has 0 saturated carbocycles. The number of benzene rings is 1. The van der Waals surface area contributed by atoms with E-state index in [9.17, 15) is 13.2 Å². The van der Waals surface area contributed by atoms with Gasteiger partial charge in [0, 0.05) is 13.6 Å². The molecule has 1 amide bonds. The number of hydrogen-bond donors (Lipinski definition) is 1. The van der Waals surface area contributed by atoms with E-state index in [-0.39, 0.29) is 10.8 Å².